The molecular formula is C29H43N3O3S2. The predicted octanol–water partition coefficient (Wildman–Crippen LogP) is 6.07. The van der Waals surface area contributed by atoms with Crippen LogP contribution >= 0.6 is 11.3 Å². The van der Waals surface area contributed by atoms with Gasteiger partial charge in [-0.15, -0.1) is 11.3 Å². The third-order valence-corrected chi connectivity index (χ3v) is 11.2. The van der Waals surface area contributed by atoms with Gasteiger partial charge in [-0.3, -0.25) is 4.79 Å². The molecule has 3 N–H and O–H groups in total. The number of hydrogen-bond donors (Lipinski definition) is 2. The highest BCUT2D eigenvalue weighted by Crippen LogP contribution is 2.50. The van der Waals surface area contributed by atoms with Crippen LogP contribution in [0.5, 0.6) is 0 Å². The first-order valence-corrected chi connectivity index (χ1v) is 15.9. The van der Waals surface area contributed by atoms with E-state index in [9.17, 15) is 13.2 Å². The molecule has 1 heterocycles. The number of nitrogens with one attached hydrogen (secondary N) is 1. The molecule has 4 rings (SSSR count). The average molecular weight is 546 g/mol. The largest absolute Gasteiger partial charge is 0.369 e. The monoisotopic (exact) mass is 545 g/mol. The molecule has 2 aliphatic rings. The molecule has 0 atom stereocenters. The molecule has 0 bridgehead atoms. The molecule has 37 heavy (non-hydrogen) atoms. The third-order valence-electron chi connectivity index (χ3n) is 8.24. The van der Waals surface area contributed by atoms with E-state index < -0.39 is 21.3 Å². The Hall–Kier alpha value is -1.77. The molecule has 1 amide bonds. The minimum absolute atomic E-state index is 0.0267. The van der Waals surface area contributed by atoms with Crippen LogP contribution < -0.4 is 10.5 Å². The second kappa shape index (κ2) is 10.1. The summed E-state index contributed by atoms with van der Waals surface area (Å²) >= 11 is 1.25. The molecule has 204 valence electrons. The van der Waals surface area contributed by atoms with Gasteiger partial charge in [0.25, 0.3) is 10.0 Å². The summed E-state index contributed by atoms with van der Waals surface area (Å²) in [5.41, 5.74) is 9.18. The molecule has 2 fully saturated rings. The van der Waals surface area contributed by atoms with Crippen LogP contribution in [0.2, 0.25) is 0 Å². The molecule has 0 aliphatic heterocycles. The summed E-state index contributed by atoms with van der Waals surface area (Å²) in [6, 6.07) is 6.83. The SMILES string of the molecule is CC(C)(CNS(=O)(=O)c1nc(CC2CCCCC2)c(-c2cc(C(C)(C)C)cc(C3(C)CC3)c2)s1)C(N)=O. The standard InChI is InChI=1S/C29H43N3O3S2/c1-27(2,3)21-15-20(16-22(17-21)29(6)12-13-29)24-23(14-19-10-8-7-9-11-19)32-26(36-24)37(34,35)31-18-28(4,5)25(30)33/h15-17,19,31H,7-14,18H2,1-6H3,(H2,30,33). The third kappa shape index (κ3) is 6.45. The summed E-state index contributed by atoms with van der Waals surface area (Å²) in [5, 5.41) is 0. The molecule has 6 nitrogen and oxygen atoms in total. The van der Waals surface area contributed by atoms with E-state index in [2.05, 4.69) is 50.6 Å². The lowest BCUT2D eigenvalue weighted by Gasteiger charge is -2.24. The van der Waals surface area contributed by atoms with Gasteiger partial charge in [0, 0.05) is 6.54 Å². The van der Waals surface area contributed by atoms with Crippen LogP contribution in [-0.2, 0) is 32.1 Å². The second-order valence-electron chi connectivity index (χ2n) is 13.1. The smallest absolute Gasteiger partial charge is 0.267 e. The number of carbonyl (C=O) groups excluding carboxylic acids is 1. The van der Waals surface area contributed by atoms with E-state index in [1.165, 1.54) is 54.6 Å². The zero-order valence-corrected chi connectivity index (χ0v) is 24.9. The Morgan fingerprint density at radius 3 is 2.32 bits per heavy atom. The van der Waals surface area contributed by atoms with Crippen molar-refractivity contribution in [1.82, 2.24) is 9.71 Å². The first-order chi connectivity index (χ1) is 17.1. The molecule has 8 heteroatoms. The van der Waals surface area contributed by atoms with Crippen molar-refractivity contribution in [2.75, 3.05) is 6.54 Å². The van der Waals surface area contributed by atoms with Crippen molar-refractivity contribution >= 4 is 27.3 Å². The Balaban J connectivity index is 1.77. The van der Waals surface area contributed by atoms with E-state index in [1.54, 1.807) is 13.8 Å². The number of primary amides is 1. The van der Waals surface area contributed by atoms with Gasteiger partial charge < -0.3 is 5.73 Å². The summed E-state index contributed by atoms with van der Waals surface area (Å²) in [6.45, 7) is 12.2. The van der Waals surface area contributed by atoms with E-state index >= 15 is 0 Å². The number of thiazole rings is 1. The minimum atomic E-state index is -3.89. The van der Waals surface area contributed by atoms with E-state index in [0.717, 1.165) is 35.4 Å². The lowest BCUT2D eigenvalue weighted by atomic mass is 9.82. The van der Waals surface area contributed by atoms with Crippen molar-refractivity contribution < 1.29 is 13.2 Å². The van der Waals surface area contributed by atoms with Crippen molar-refractivity contribution in [2.24, 2.45) is 17.1 Å². The van der Waals surface area contributed by atoms with Crippen molar-refractivity contribution in [3.05, 3.63) is 35.0 Å². The van der Waals surface area contributed by atoms with Gasteiger partial charge in [0.2, 0.25) is 10.2 Å². The summed E-state index contributed by atoms with van der Waals surface area (Å²) in [7, 11) is -3.89. The summed E-state index contributed by atoms with van der Waals surface area (Å²) < 4.78 is 29.3. The van der Waals surface area contributed by atoms with Gasteiger partial charge in [-0.1, -0.05) is 65.9 Å². The van der Waals surface area contributed by atoms with Gasteiger partial charge in [0.15, 0.2) is 0 Å². The highest BCUT2D eigenvalue weighted by atomic mass is 32.2. The summed E-state index contributed by atoms with van der Waals surface area (Å²) in [6.07, 6.45) is 9.19. The normalized spacial score (nSPS) is 18.6. The zero-order valence-electron chi connectivity index (χ0n) is 23.2. The Bertz CT molecular complexity index is 1240. The maximum Gasteiger partial charge on any atom is 0.267 e. The lowest BCUT2D eigenvalue weighted by molar-refractivity contribution is -0.125. The molecule has 0 unspecified atom stereocenters. The highest BCUT2D eigenvalue weighted by Gasteiger charge is 2.40. The number of rotatable bonds is 9. The van der Waals surface area contributed by atoms with Crippen LogP contribution in [0.4, 0.5) is 0 Å². The van der Waals surface area contributed by atoms with Crippen molar-refractivity contribution in [3.63, 3.8) is 0 Å². The van der Waals surface area contributed by atoms with Gasteiger partial charge >= 0.3 is 0 Å². The molecule has 0 saturated heterocycles. The number of carbonyl (C=O) groups is 1. The van der Waals surface area contributed by atoms with Gasteiger partial charge in [-0.05, 0) is 78.7 Å². The number of hydrogen-bond acceptors (Lipinski definition) is 5. The van der Waals surface area contributed by atoms with E-state index in [-0.39, 0.29) is 21.7 Å². The maximum atomic E-state index is 13.3. The Labute approximate surface area is 226 Å². The fourth-order valence-corrected chi connectivity index (χ4v) is 7.50. The molecule has 0 spiro atoms. The van der Waals surface area contributed by atoms with Crippen LogP contribution in [0.25, 0.3) is 10.4 Å². The second-order valence-corrected chi connectivity index (χ2v) is 16.1. The van der Waals surface area contributed by atoms with Crippen molar-refractivity contribution in [3.8, 4) is 10.4 Å². The quantitative estimate of drug-likeness (QED) is 0.399. The Morgan fingerprint density at radius 2 is 1.76 bits per heavy atom. The van der Waals surface area contributed by atoms with Crippen LogP contribution in [-0.4, -0.2) is 25.9 Å². The zero-order chi connectivity index (χ0) is 27.2. The van der Waals surface area contributed by atoms with E-state index in [1.807, 2.05) is 0 Å². The number of aromatic nitrogens is 1. The van der Waals surface area contributed by atoms with E-state index in [0.29, 0.717) is 5.92 Å². The minimum Gasteiger partial charge on any atom is -0.369 e. The number of sulfonamides is 1. The summed E-state index contributed by atoms with van der Waals surface area (Å²) in [5.74, 6) is -0.0220. The fraction of sp³-hybridized carbons (Fsp3) is 0.655. The highest BCUT2D eigenvalue weighted by molar-refractivity contribution is 7.91. The topological polar surface area (TPSA) is 102 Å². The average Bonchev–Trinajstić information content (AvgIpc) is 3.43. The van der Waals surface area contributed by atoms with Gasteiger partial charge in [-0.2, -0.15) is 0 Å². The van der Waals surface area contributed by atoms with Gasteiger partial charge in [0.05, 0.1) is 16.0 Å². The van der Waals surface area contributed by atoms with Crippen molar-refractivity contribution in [2.45, 2.75) is 108 Å². The fourth-order valence-electron chi connectivity index (χ4n) is 4.91. The van der Waals surface area contributed by atoms with Crippen LogP contribution in [0.15, 0.2) is 22.5 Å². The number of amides is 1. The molecule has 2 saturated carbocycles. The Kier molecular flexibility index (Phi) is 7.70. The van der Waals surface area contributed by atoms with Crippen LogP contribution in [0.3, 0.4) is 0 Å². The molecule has 2 aromatic rings. The van der Waals surface area contributed by atoms with Crippen molar-refractivity contribution in [1.29, 1.82) is 0 Å². The molecule has 1 aromatic carbocycles. The molecule has 0 radical (unpaired) electrons. The number of benzene rings is 1. The predicted molar refractivity (Wildman–Crippen MR) is 151 cm³/mol. The van der Waals surface area contributed by atoms with Gasteiger partial charge in [-0.25, -0.2) is 18.1 Å². The van der Waals surface area contributed by atoms with Crippen LogP contribution in [0.1, 0.15) is 103 Å². The Morgan fingerprint density at radius 1 is 1.11 bits per heavy atom. The molecule has 1 aromatic heterocycles. The number of nitrogens with two attached hydrogens (primary N) is 1. The molecular weight excluding hydrogens is 502 g/mol. The first kappa shape index (κ1) is 28.2. The lowest BCUT2D eigenvalue weighted by Crippen LogP contribution is -2.42. The number of nitrogens with zero attached hydrogens (tertiary/aromatic N) is 1. The first-order valence-electron chi connectivity index (χ1n) is 13.6. The van der Waals surface area contributed by atoms with Gasteiger partial charge in [0.1, 0.15) is 0 Å². The van der Waals surface area contributed by atoms with E-state index in [4.69, 9.17) is 10.7 Å². The maximum absolute atomic E-state index is 13.3. The summed E-state index contributed by atoms with van der Waals surface area (Å²) in [4.78, 5) is 17.4. The van der Waals surface area contributed by atoms with Crippen LogP contribution in [0, 0.1) is 11.3 Å². The molecule has 2 aliphatic carbocycles.